The van der Waals surface area contributed by atoms with E-state index in [0.717, 1.165) is 28.0 Å². The number of hydrogen-bond acceptors (Lipinski definition) is 13. The fourth-order valence-corrected chi connectivity index (χ4v) is 6.83. The van der Waals surface area contributed by atoms with E-state index in [1.807, 2.05) is 96.8 Å². The van der Waals surface area contributed by atoms with Crippen LogP contribution in [-0.2, 0) is 55.4 Å². The summed E-state index contributed by atoms with van der Waals surface area (Å²) in [4.78, 5) is 64.9. The molecule has 1 saturated heterocycles. The molecule has 1 saturated carbocycles. The number of ether oxygens (including phenoxy) is 2. The van der Waals surface area contributed by atoms with Crippen LogP contribution in [-0.4, -0.2) is 72.9 Å². The van der Waals surface area contributed by atoms with Gasteiger partial charge in [-0.3, -0.25) is 14.9 Å². The zero-order valence-electron chi connectivity index (χ0n) is 33.3. The average Bonchev–Trinajstić information content (AvgIpc) is 3.64. The van der Waals surface area contributed by atoms with Gasteiger partial charge in [0.2, 0.25) is 11.5 Å². The Morgan fingerprint density at radius 2 is 1.73 bits per heavy atom. The number of nitrogens with zero attached hydrogens (tertiary/aromatic N) is 6. The predicted molar refractivity (Wildman–Crippen MR) is 214 cm³/mol. The lowest BCUT2D eigenvalue weighted by Crippen LogP contribution is -3.00. The highest BCUT2D eigenvalue weighted by molar-refractivity contribution is 7.14. The predicted octanol–water partition coefficient (Wildman–Crippen LogP) is 0.469. The van der Waals surface area contributed by atoms with Gasteiger partial charge in [-0.15, -0.1) is 11.3 Å². The third kappa shape index (κ3) is 11.1. The number of anilines is 1. The topological polar surface area (TPSA) is 204 Å². The molecule has 1 aliphatic carbocycles. The number of benzene rings is 2. The molecule has 1 aliphatic heterocycles. The lowest BCUT2D eigenvalue weighted by atomic mass is 9.98. The zero-order chi connectivity index (χ0) is 41.6. The number of carbonyl (C=O) groups excluding carboxylic acids is 4. The van der Waals surface area contributed by atoms with Gasteiger partial charge in [0.15, 0.2) is 29.3 Å². The first-order valence-corrected chi connectivity index (χ1v) is 19.9. The van der Waals surface area contributed by atoms with Crippen molar-refractivity contribution in [3.8, 4) is 0 Å². The Labute approximate surface area is 356 Å². The van der Waals surface area contributed by atoms with E-state index in [4.69, 9.17) is 14.3 Å². The first kappa shape index (κ1) is 43.3. The van der Waals surface area contributed by atoms with E-state index in [0.29, 0.717) is 18.8 Å². The number of pyridine rings is 1. The van der Waals surface area contributed by atoms with Crippen molar-refractivity contribution in [2.75, 3.05) is 5.32 Å². The molecule has 60 heavy (non-hydrogen) atoms. The third-order valence-corrected chi connectivity index (χ3v) is 10.0. The van der Waals surface area contributed by atoms with E-state index in [1.54, 1.807) is 27.0 Å². The number of nitrogens with one attached hydrogen (secondary N) is 4. The second-order valence-electron chi connectivity index (χ2n) is 15.2. The lowest BCUT2D eigenvalue weighted by Gasteiger charge is -2.36. The quantitative estimate of drug-likeness (QED) is 0.0353. The van der Waals surface area contributed by atoms with Crippen LogP contribution in [0, 0.1) is 0 Å². The molecule has 2 aliphatic rings. The SMILES string of the molecule is C[n+]1cccc(CNCc2cnn(C[C@H]3NC(=O)[C@H]3NC(=O)/C(=N\OC3(C(=O)OC(c4ccccc4)c4ccccc4)CC3)c3csc(NC(=O)OC(C)(C)C)n3)n2)c1.[Cl-]. The summed E-state index contributed by atoms with van der Waals surface area (Å²) < 4.78 is 13.4. The largest absolute Gasteiger partial charge is 1.00 e. The molecule has 3 aromatic heterocycles. The molecule has 0 radical (unpaired) electrons. The molecule has 2 fully saturated rings. The van der Waals surface area contributed by atoms with Gasteiger partial charge >= 0.3 is 12.1 Å². The normalized spacial score (nSPS) is 16.8. The summed E-state index contributed by atoms with van der Waals surface area (Å²) in [6, 6.07) is 21.1. The van der Waals surface area contributed by atoms with Gasteiger partial charge in [0.25, 0.3) is 5.91 Å². The molecule has 5 aromatic rings. The number of β-lactam (4-membered cyclic amide) rings is 1. The first-order chi connectivity index (χ1) is 28.3. The summed E-state index contributed by atoms with van der Waals surface area (Å²) in [6.45, 7) is 6.47. The van der Waals surface area contributed by atoms with Crippen molar-refractivity contribution in [1.82, 2.24) is 35.9 Å². The first-order valence-electron chi connectivity index (χ1n) is 19.0. The van der Waals surface area contributed by atoms with E-state index in [-0.39, 0.29) is 48.3 Å². The van der Waals surface area contributed by atoms with Crippen molar-refractivity contribution in [1.29, 1.82) is 0 Å². The van der Waals surface area contributed by atoms with E-state index >= 15 is 0 Å². The molecule has 17 nitrogen and oxygen atoms in total. The van der Waals surface area contributed by atoms with Crippen molar-refractivity contribution in [2.45, 2.75) is 82.6 Å². The van der Waals surface area contributed by atoms with Crippen LogP contribution in [0.4, 0.5) is 9.93 Å². The highest BCUT2D eigenvalue weighted by Gasteiger charge is 2.56. The van der Waals surface area contributed by atoms with Gasteiger partial charge in [-0.25, -0.2) is 19.1 Å². The zero-order valence-corrected chi connectivity index (χ0v) is 34.9. The summed E-state index contributed by atoms with van der Waals surface area (Å²) in [6.07, 6.45) is 4.74. The Bertz CT molecular complexity index is 2290. The van der Waals surface area contributed by atoms with Crippen molar-refractivity contribution in [2.24, 2.45) is 12.2 Å². The van der Waals surface area contributed by atoms with Crippen molar-refractivity contribution in [3.05, 3.63) is 125 Å². The minimum absolute atomic E-state index is 0. The molecule has 0 bridgehead atoms. The fourth-order valence-electron chi connectivity index (χ4n) is 6.15. The van der Waals surface area contributed by atoms with Crippen LogP contribution in [0.2, 0.25) is 0 Å². The number of oxime groups is 1. The van der Waals surface area contributed by atoms with Crippen LogP contribution in [0.1, 0.15) is 67.8 Å². The molecule has 7 rings (SSSR count). The molecule has 19 heteroatoms. The number of aryl methyl sites for hydroxylation is 1. The number of carbonyl (C=O) groups is 4. The lowest BCUT2D eigenvalue weighted by molar-refractivity contribution is -0.671. The highest BCUT2D eigenvalue weighted by Crippen LogP contribution is 2.43. The van der Waals surface area contributed by atoms with Crippen LogP contribution in [0.5, 0.6) is 0 Å². The molecular formula is C41H45ClN10O7S. The van der Waals surface area contributed by atoms with Crippen molar-refractivity contribution < 1.29 is 50.5 Å². The fraction of sp³-hybridized carbons (Fsp3) is 0.341. The second-order valence-corrected chi connectivity index (χ2v) is 16.1. The number of amides is 3. The molecule has 2 atom stereocenters. The average molecular weight is 857 g/mol. The Hall–Kier alpha value is -6.24. The summed E-state index contributed by atoms with van der Waals surface area (Å²) in [5, 5.41) is 26.1. The maximum Gasteiger partial charge on any atom is 0.413 e. The Morgan fingerprint density at radius 3 is 2.37 bits per heavy atom. The van der Waals surface area contributed by atoms with E-state index < -0.39 is 53.3 Å². The molecule has 0 unspecified atom stereocenters. The molecule has 4 heterocycles. The highest BCUT2D eigenvalue weighted by atomic mass is 35.5. The van der Waals surface area contributed by atoms with Gasteiger partial charge in [0.05, 0.1) is 24.5 Å². The van der Waals surface area contributed by atoms with Gasteiger partial charge < -0.3 is 42.7 Å². The van der Waals surface area contributed by atoms with Gasteiger partial charge in [-0.05, 0) is 38.0 Å². The number of thiazole rings is 1. The van der Waals surface area contributed by atoms with Crippen LogP contribution >= 0.6 is 11.3 Å². The van der Waals surface area contributed by atoms with Crippen LogP contribution in [0.15, 0.2) is 102 Å². The third-order valence-electron chi connectivity index (χ3n) is 9.27. The van der Waals surface area contributed by atoms with Crippen LogP contribution < -0.4 is 38.2 Å². The Balaban J connectivity index is 0.00000604. The Kier molecular flexibility index (Phi) is 13.6. The minimum atomic E-state index is -1.46. The number of aromatic nitrogens is 5. The van der Waals surface area contributed by atoms with Crippen molar-refractivity contribution in [3.63, 3.8) is 0 Å². The Morgan fingerprint density at radius 1 is 1.03 bits per heavy atom. The maximum atomic E-state index is 14.0. The maximum absolute atomic E-state index is 14.0. The summed E-state index contributed by atoms with van der Waals surface area (Å²) in [5.41, 5.74) is 0.833. The van der Waals surface area contributed by atoms with E-state index in [2.05, 4.69) is 41.6 Å². The molecule has 0 spiro atoms. The molecular weight excluding hydrogens is 812 g/mol. The number of hydrogen-bond donors (Lipinski definition) is 4. The van der Waals surface area contributed by atoms with Gasteiger partial charge in [-0.2, -0.15) is 15.0 Å². The smallest absolute Gasteiger partial charge is 0.413 e. The summed E-state index contributed by atoms with van der Waals surface area (Å²) >= 11 is 1.02. The van der Waals surface area contributed by atoms with Crippen molar-refractivity contribution >= 4 is 46.1 Å². The molecule has 314 valence electrons. The number of halogens is 1. The van der Waals surface area contributed by atoms with Crippen LogP contribution in [0.3, 0.4) is 0 Å². The van der Waals surface area contributed by atoms with E-state index in [1.165, 1.54) is 10.2 Å². The number of esters is 1. The second kappa shape index (κ2) is 18.8. The molecule has 2 aromatic carbocycles. The number of rotatable bonds is 16. The van der Waals surface area contributed by atoms with Gasteiger partial charge in [0, 0.05) is 42.9 Å². The van der Waals surface area contributed by atoms with E-state index in [9.17, 15) is 19.2 Å². The van der Waals surface area contributed by atoms with Gasteiger partial charge in [0.1, 0.15) is 24.4 Å². The molecule has 4 N–H and O–H groups in total. The van der Waals surface area contributed by atoms with Gasteiger partial charge in [-0.1, -0.05) is 65.8 Å². The monoisotopic (exact) mass is 856 g/mol. The van der Waals surface area contributed by atoms with Crippen LogP contribution in [0.25, 0.3) is 0 Å². The summed E-state index contributed by atoms with van der Waals surface area (Å²) in [7, 11) is 1.96. The standard InChI is InChI=1S/C41H44N10O7S.ClH/c1-40(2,3)57-39(55)47-38-45-31(25-59-38)33(49-58-41(17-18-41)37(54)56-34(27-13-7-5-8-14-27)28-15-9-6-10-16-28)36(53)46-32-30(44-35(32)52)24-51-43-22-29(48-51)21-42-20-26-12-11-19-50(4)23-26;/h5-16,19,22-23,25,30,32,34,42H,17-18,20-21,24H2,1-4H3,(H2-,44,45,46,47,52,53,55);1H/b49-33-;/t30-,32+;/m1./s1. The summed E-state index contributed by atoms with van der Waals surface area (Å²) in [5.74, 6) is -1.88. The minimum Gasteiger partial charge on any atom is -1.00 e. The molecule has 3 amide bonds.